The van der Waals surface area contributed by atoms with E-state index in [-0.39, 0.29) is 0 Å². The highest BCUT2D eigenvalue weighted by atomic mass is 16.5. The van der Waals surface area contributed by atoms with Crippen molar-refractivity contribution < 1.29 is 28.2 Å². The van der Waals surface area contributed by atoms with E-state index in [1.165, 1.54) is 12.5 Å². The second-order valence-electron chi connectivity index (χ2n) is 6.35. The third kappa shape index (κ3) is 3.59. The topological polar surface area (TPSA) is 72.2 Å². The molecule has 0 atom stereocenters. The highest BCUT2D eigenvalue weighted by molar-refractivity contribution is 5.78. The molecule has 0 saturated carbocycles. The first-order chi connectivity index (χ1) is 14.2. The summed E-state index contributed by atoms with van der Waals surface area (Å²) in [5.41, 5.74) is 3.02. The summed E-state index contributed by atoms with van der Waals surface area (Å²) in [6, 6.07) is 3.61. The molecule has 0 bridgehead atoms. The molecule has 0 amide bonds. The molecule has 0 fully saturated rings. The van der Waals surface area contributed by atoms with Gasteiger partial charge in [-0.3, -0.25) is 0 Å². The summed E-state index contributed by atoms with van der Waals surface area (Å²) in [7, 11) is 4.69. The number of nitrogens with zero attached hydrogens (tertiary/aromatic N) is 1. The maximum absolute atomic E-state index is 6.10. The van der Waals surface area contributed by atoms with Gasteiger partial charge in [0.1, 0.15) is 24.5 Å². The van der Waals surface area contributed by atoms with Gasteiger partial charge in [-0.2, -0.15) is 0 Å². The van der Waals surface area contributed by atoms with Gasteiger partial charge in [0, 0.05) is 5.56 Å². The smallest absolute Gasteiger partial charge is 0.203 e. The van der Waals surface area contributed by atoms with Gasteiger partial charge in [-0.05, 0) is 30.5 Å². The van der Waals surface area contributed by atoms with Crippen molar-refractivity contribution in [1.82, 2.24) is 5.16 Å². The van der Waals surface area contributed by atoms with Gasteiger partial charge in [-0.15, -0.1) is 0 Å². The molecule has 4 rings (SSSR count). The molecule has 0 radical (unpaired) electrons. The standard InChI is InChI=1S/C22H21NO6/c1-24-17-9-15(10-18(25-2)22(17)26-3)21-16(11-28-23-21)20-13-27-12-19(29-20)14-7-5-4-6-8-14/h4-5,7,9-13H,6,8H2,1-3H3. The highest BCUT2D eigenvalue weighted by Crippen LogP contribution is 2.43. The van der Waals surface area contributed by atoms with E-state index in [0.717, 1.165) is 24.0 Å². The lowest BCUT2D eigenvalue weighted by atomic mass is 10.0. The van der Waals surface area contributed by atoms with Crippen LogP contribution in [0.25, 0.3) is 17.0 Å². The minimum Gasteiger partial charge on any atom is -0.493 e. The number of hydrogen-bond donors (Lipinski definition) is 0. The molecular formula is C22H21NO6. The van der Waals surface area contributed by atoms with Crippen molar-refractivity contribution in [1.29, 1.82) is 0 Å². The maximum atomic E-state index is 6.10. The third-order valence-corrected chi connectivity index (χ3v) is 4.67. The number of aromatic nitrogens is 1. The second kappa shape index (κ2) is 8.18. The van der Waals surface area contributed by atoms with Crippen molar-refractivity contribution in [3.05, 3.63) is 66.0 Å². The zero-order valence-electron chi connectivity index (χ0n) is 16.4. The summed E-state index contributed by atoms with van der Waals surface area (Å²) in [6.07, 6.45) is 12.7. The van der Waals surface area contributed by atoms with Crippen LogP contribution in [0.3, 0.4) is 0 Å². The SMILES string of the molecule is COc1cc(-c2nocc2C2=COC=C(C3=CC=CCC3)O2)cc(OC)c1OC. The molecule has 150 valence electrons. The Kier molecular flexibility index (Phi) is 5.29. The van der Waals surface area contributed by atoms with E-state index in [2.05, 4.69) is 11.2 Å². The van der Waals surface area contributed by atoms with Crippen LogP contribution < -0.4 is 14.2 Å². The van der Waals surface area contributed by atoms with Crippen molar-refractivity contribution in [2.24, 2.45) is 0 Å². The van der Waals surface area contributed by atoms with Crippen molar-refractivity contribution in [3.8, 4) is 28.5 Å². The number of hydrogen-bond acceptors (Lipinski definition) is 7. The molecule has 0 N–H and O–H groups in total. The van der Waals surface area contributed by atoms with Gasteiger partial charge in [-0.1, -0.05) is 23.4 Å². The number of rotatable bonds is 6. The molecule has 0 unspecified atom stereocenters. The van der Waals surface area contributed by atoms with Gasteiger partial charge < -0.3 is 28.2 Å². The van der Waals surface area contributed by atoms with E-state index in [9.17, 15) is 0 Å². The summed E-state index contributed by atoms with van der Waals surface area (Å²) in [5, 5.41) is 4.16. The Morgan fingerprint density at radius 3 is 2.38 bits per heavy atom. The Hall–Kier alpha value is -3.61. The molecule has 29 heavy (non-hydrogen) atoms. The molecule has 7 heteroatoms. The zero-order valence-corrected chi connectivity index (χ0v) is 16.4. The van der Waals surface area contributed by atoms with Crippen LogP contribution >= 0.6 is 0 Å². The Morgan fingerprint density at radius 2 is 1.72 bits per heavy atom. The monoisotopic (exact) mass is 395 g/mol. The van der Waals surface area contributed by atoms with E-state index < -0.39 is 0 Å². The minimum absolute atomic E-state index is 0.503. The van der Waals surface area contributed by atoms with Crippen LogP contribution in [0.4, 0.5) is 0 Å². The van der Waals surface area contributed by atoms with Gasteiger partial charge >= 0.3 is 0 Å². The van der Waals surface area contributed by atoms with E-state index in [1.54, 1.807) is 39.7 Å². The first kappa shape index (κ1) is 18.7. The fourth-order valence-electron chi connectivity index (χ4n) is 3.23. The summed E-state index contributed by atoms with van der Waals surface area (Å²) in [5.74, 6) is 2.71. The van der Waals surface area contributed by atoms with Gasteiger partial charge in [0.05, 0.1) is 26.9 Å². The molecule has 1 aliphatic heterocycles. The molecule has 2 heterocycles. The van der Waals surface area contributed by atoms with Gasteiger partial charge in [0.25, 0.3) is 0 Å². The van der Waals surface area contributed by atoms with Crippen LogP contribution in [-0.2, 0) is 9.47 Å². The minimum atomic E-state index is 0.503. The highest BCUT2D eigenvalue weighted by Gasteiger charge is 2.24. The number of methoxy groups -OCH3 is 3. The average molecular weight is 395 g/mol. The van der Waals surface area contributed by atoms with Crippen LogP contribution in [0.1, 0.15) is 18.4 Å². The van der Waals surface area contributed by atoms with E-state index in [4.69, 9.17) is 28.2 Å². The molecule has 0 spiro atoms. The number of allylic oxidation sites excluding steroid dienone is 4. The lowest BCUT2D eigenvalue weighted by Gasteiger charge is -2.19. The number of benzene rings is 1. The van der Waals surface area contributed by atoms with Gasteiger partial charge in [0.15, 0.2) is 23.0 Å². The first-order valence-corrected chi connectivity index (χ1v) is 9.10. The molecule has 7 nitrogen and oxygen atoms in total. The molecular weight excluding hydrogens is 374 g/mol. The van der Waals surface area contributed by atoms with E-state index in [0.29, 0.717) is 40.0 Å². The summed E-state index contributed by atoms with van der Waals surface area (Å²) in [4.78, 5) is 0. The lowest BCUT2D eigenvalue weighted by molar-refractivity contribution is 0.285. The second-order valence-corrected chi connectivity index (χ2v) is 6.35. The molecule has 1 aliphatic carbocycles. The zero-order chi connectivity index (χ0) is 20.2. The average Bonchev–Trinajstić information content (AvgIpc) is 3.28. The quantitative estimate of drug-likeness (QED) is 0.694. The van der Waals surface area contributed by atoms with Crippen molar-refractivity contribution >= 4 is 5.76 Å². The van der Waals surface area contributed by atoms with Crippen molar-refractivity contribution in [2.75, 3.05) is 21.3 Å². The van der Waals surface area contributed by atoms with E-state index >= 15 is 0 Å². The van der Waals surface area contributed by atoms with Gasteiger partial charge in [-0.25, -0.2) is 0 Å². The van der Waals surface area contributed by atoms with Crippen molar-refractivity contribution in [2.45, 2.75) is 12.8 Å². The van der Waals surface area contributed by atoms with Crippen LogP contribution in [0.5, 0.6) is 17.2 Å². The summed E-state index contributed by atoms with van der Waals surface area (Å²) in [6.45, 7) is 0. The predicted octanol–water partition coefficient (Wildman–Crippen LogP) is 4.83. The Balaban J connectivity index is 1.68. The largest absolute Gasteiger partial charge is 0.493 e. The molecule has 2 aliphatic rings. The molecule has 0 saturated heterocycles. The van der Waals surface area contributed by atoms with Crippen LogP contribution in [0.2, 0.25) is 0 Å². The summed E-state index contributed by atoms with van der Waals surface area (Å²) < 4.78 is 33.2. The van der Waals surface area contributed by atoms with E-state index in [1.807, 2.05) is 12.2 Å². The molecule has 1 aromatic carbocycles. The third-order valence-electron chi connectivity index (χ3n) is 4.67. The Morgan fingerprint density at radius 1 is 0.966 bits per heavy atom. The fourth-order valence-corrected chi connectivity index (χ4v) is 3.23. The lowest BCUT2D eigenvalue weighted by Crippen LogP contribution is -2.04. The Bertz CT molecular complexity index is 1000. The Labute approximate surface area is 168 Å². The first-order valence-electron chi connectivity index (χ1n) is 9.10. The molecule has 2 aromatic rings. The van der Waals surface area contributed by atoms with Gasteiger partial charge in [0.2, 0.25) is 5.75 Å². The predicted molar refractivity (Wildman–Crippen MR) is 106 cm³/mol. The van der Waals surface area contributed by atoms with Crippen LogP contribution in [0, 0.1) is 0 Å². The molecule has 1 aromatic heterocycles. The summed E-state index contributed by atoms with van der Waals surface area (Å²) >= 11 is 0. The van der Waals surface area contributed by atoms with Crippen LogP contribution in [0.15, 0.2) is 65.0 Å². The number of ether oxygens (including phenoxy) is 5. The normalized spacial score (nSPS) is 15.5. The van der Waals surface area contributed by atoms with Crippen LogP contribution in [-0.4, -0.2) is 26.5 Å². The van der Waals surface area contributed by atoms with Crippen molar-refractivity contribution in [3.63, 3.8) is 0 Å². The maximum Gasteiger partial charge on any atom is 0.203 e. The fraction of sp³-hybridized carbons (Fsp3) is 0.227.